The number of halogens is 3. The van der Waals surface area contributed by atoms with Crippen LogP contribution in [0.2, 0.25) is 0 Å². The second-order valence-corrected chi connectivity index (χ2v) is 4.97. The van der Waals surface area contributed by atoms with Crippen molar-refractivity contribution in [2.24, 2.45) is 11.3 Å². The van der Waals surface area contributed by atoms with Crippen LogP contribution in [0.1, 0.15) is 19.3 Å². The van der Waals surface area contributed by atoms with E-state index in [9.17, 15) is 23.1 Å². The zero-order valence-corrected chi connectivity index (χ0v) is 9.09. The molecule has 17 heavy (non-hydrogen) atoms. The summed E-state index contributed by atoms with van der Waals surface area (Å²) < 4.78 is 39.4. The predicted octanol–water partition coefficient (Wildman–Crippen LogP) is 0.800. The molecule has 1 heterocycles. The second kappa shape index (κ2) is 4.13. The molecular weight excluding hydrogens is 239 g/mol. The Morgan fingerprint density at radius 2 is 2.06 bits per heavy atom. The molecule has 1 atom stereocenters. The third kappa shape index (κ3) is 2.71. The number of carbonyl (C=O) groups is 1. The van der Waals surface area contributed by atoms with Gasteiger partial charge in [0.05, 0.1) is 0 Å². The van der Waals surface area contributed by atoms with Gasteiger partial charge in [-0.1, -0.05) is 0 Å². The van der Waals surface area contributed by atoms with Crippen molar-refractivity contribution in [3.63, 3.8) is 0 Å². The van der Waals surface area contributed by atoms with Crippen LogP contribution < -0.4 is 5.32 Å². The Morgan fingerprint density at radius 1 is 1.47 bits per heavy atom. The van der Waals surface area contributed by atoms with E-state index in [2.05, 4.69) is 10.1 Å². The van der Waals surface area contributed by atoms with Gasteiger partial charge >= 0.3 is 12.1 Å². The van der Waals surface area contributed by atoms with E-state index in [0.717, 1.165) is 25.9 Å². The maximum absolute atomic E-state index is 11.8. The number of rotatable bonds is 3. The van der Waals surface area contributed by atoms with Crippen LogP contribution in [-0.2, 0) is 9.53 Å². The fourth-order valence-corrected chi connectivity index (χ4v) is 2.62. The van der Waals surface area contributed by atoms with Crippen molar-refractivity contribution in [2.45, 2.75) is 31.7 Å². The standard InChI is InChI=1S/C10H14F3NO3/c11-10(12,13)8(16)17-7(15)1-6-2-9(3-6)4-14-5-9/h6-7,14-15H,1-5H2. The zero-order valence-electron chi connectivity index (χ0n) is 9.09. The van der Waals surface area contributed by atoms with Crippen LogP contribution in [0.3, 0.4) is 0 Å². The Morgan fingerprint density at radius 3 is 2.47 bits per heavy atom. The summed E-state index contributed by atoms with van der Waals surface area (Å²) in [6.45, 7) is 1.86. The molecule has 2 rings (SSSR count). The minimum Gasteiger partial charge on any atom is -0.429 e. The molecule has 1 spiro atoms. The Hall–Kier alpha value is -0.820. The summed E-state index contributed by atoms with van der Waals surface area (Å²) in [7, 11) is 0. The zero-order chi connectivity index (χ0) is 12.7. The average molecular weight is 253 g/mol. The highest BCUT2D eigenvalue weighted by Crippen LogP contribution is 2.50. The summed E-state index contributed by atoms with van der Waals surface area (Å²) >= 11 is 0. The molecule has 0 bridgehead atoms. The first-order chi connectivity index (χ1) is 7.81. The molecule has 0 aromatic rings. The molecule has 4 nitrogen and oxygen atoms in total. The van der Waals surface area contributed by atoms with Gasteiger partial charge in [0, 0.05) is 19.5 Å². The Labute approximate surface area is 96.1 Å². The van der Waals surface area contributed by atoms with Crippen molar-refractivity contribution in [3.8, 4) is 0 Å². The molecule has 2 N–H and O–H groups in total. The number of nitrogens with one attached hydrogen (secondary N) is 1. The molecule has 1 unspecified atom stereocenters. The molecule has 1 saturated heterocycles. The van der Waals surface area contributed by atoms with Gasteiger partial charge in [0.1, 0.15) is 0 Å². The van der Waals surface area contributed by atoms with E-state index in [1.165, 1.54) is 0 Å². The molecule has 0 aromatic carbocycles. The first-order valence-corrected chi connectivity index (χ1v) is 5.47. The SMILES string of the molecule is O=C(OC(O)CC1CC2(CNC2)C1)C(F)(F)F. The fraction of sp³-hybridized carbons (Fsp3) is 0.900. The number of carbonyl (C=O) groups excluding carboxylic acids is 1. The molecule has 98 valence electrons. The lowest BCUT2D eigenvalue weighted by Gasteiger charge is -2.54. The van der Waals surface area contributed by atoms with Crippen LogP contribution in [0.4, 0.5) is 13.2 Å². The molecular formula is C10H14F3NO3. The van der Waals surface area contributed by atoms with Gasteiger partial charge in [0.15, 0.2) is 0 Å². The molecule has 1 saturated carbocycles. The number of ether oxygens (including phenoxy) is 1. The first-order valence-electron chi connectivity index (χ1n) is 5.47. The Bertz CT molecular complexity index is 306. The Balaban J connectivity index is 1.68. The number of hydrogen-bond acceptors (Lipinski definition) is 4. The van der Waals surface area contributed by atoms with Gasteiger partial charge in [-0.25, -0.2) is 4.79 Å². The highest BCUT2D eigenvalue weighted by Gasteiger charge is 2.49. The van der Waals surface area contributed by atoms with Crippen LogP contribution in [-0.4, -0.2) is 36.6 Å². The van der Waals surface area contributed by atoms with E-state index < -0.39 is 18.4 Å². The van der Waals surface area contributed by atoms with E-state index in [1.807, 2.05) is 0 Å². The minimum absolute atomic E-state index is 0.0869. The number of aliphatic hydroxyl groups is 1. The van der Waals surface area contributed by atoms with Gasteiger partial charge in [0.2, 0.25) is 6.29 Å². The molecule has 0 amide bonds. The van der Waals surface area contributed by atoms with Gasteiger partial charge in [-0.15, -0.1) is 0 Å². The maximum atomic E-state index is 11.8. The van der Waals surface area contributed by atoms with Gasteiger partial charge in [0.25, 0.3) is 0 Å². The normalized spacial score (nSPS) is 24.9. The van der Waals surface area contributed by atoms with Crippen molar-refractivity contribution in [1.29, 1.82) is 0 Å². The first kappa shape index (κ1) is 12.6. The largest absolute Gasteiger partial charge is 0.491 e. The summed E-state index contributed by atoms with van der Waals surface area (Å²) in [6, 6.07) is 0. The molecule has 0 aromatic heterocycles. The lowest BCUT2D eigenvalue weighted by Crippen LogP contribution is -2.60. The molecule has 1 aliphatic heterocycles. The fourth-order valence-electron chi connectivity index (χ4n) is 2.62. The van der Waals surface area contributed by atoms with Crippen LogP contribution in [0.25, 0.3) is 0 Å². The van der Waals surface area contributed by atoms with Crippen molar-refractivity contribution >= 4 is 5.97 Å². The van der Waals surface area contributed by atoms with Gasteiger partial charge in [-0.05, 0) is 24.2 Å². The lowest BCUT2D eigenvalue weighted by atomic mass is 9.58. The third-order valence-corrected chi connectivity index (χ3v) is 3.45. The predicted molar refractivity (Wildman–Crippen MR) is 50.8 cm³/mol. The topological polar surface area (TPSA) is 58.6 Å². The van der Waals surface area contributed by atoms with Crippen molar-refractivity contribution in [3.05, 3.63) is 0 Å². The van der Waals surface area contributed by atoms with Crippen molar-refractivity contribution in [2.75, 3.05) is 13.1 Å². The molecule has 1 aliphatic carbocycles. The van der Waals surface area contributed by atoms with Gasteiger partial charge in [-0.2, -0.15) is 13.2 Å². The monoisotopic (exact) mass is 253 g/mol. The Kier molecular flexibility index (Phi) is 3.07. The van der Waals surface area contributed by atoms with Gasteiger partial charge < -0.3 is 15.2 Å². The summed E-state index contributed by atoms with van der Waals surface area (Å²) in [6.07, 6.45) is -4.86. The summed E-state index contributed by atoms with van der Waals surface area (Å²) in [5.41, 5.74) is 0.290. The third-order valence-electron chi connectivity index (χ3n) is 3.45. The van der Waals surface area contributed by atoms with E-state index in [-0.39, 0.29) is 12.3 Å². The molecule has 2 fully saturated rings. The van der Waals surface area contributed by atoms with Crippen LogP contribution in [0, 0.1) is 11.3 Å². The molecule has 2 aliphatic rings. The number of aliphatic hydroxyl groups excluding tert-OH is 1. The number of alkyl halides is 3. The minimum atomic E-state index is -5.04. The van der Waals surface area contributed by atoms with E-state index in [4.69, 9.17) is 0 Å². The lowest BCUT2D eigenvalue weighted by molar-refractivity contribution is -0.222. The van der Waals surface area contributed by atoms with E-state index >= 15 is 0 Å². The number of hydrogen-bond donors (Lipinski definition) is 2. The highest BCUT2D eigenvalue weighted by atomic mass is 19.4. The van der Waals surface area contributed by atoms with Crippen molar-refractivity contribution < 1.29 is 27.8 Å². The molecule has 0 radical (unpaired) electrons. The van der Waals surface area contributed by atoms with Crippen LogP contribution in [0.15, 0.2) is 0 Å². The second-order valence-electron chi connectivity index (χ2n) is 4.97. The summed E-state index contributed by atoms with van der Waals surface area (Å²) in [5.74, 6) is -2.18. The van der Waals surface area contributed by atoms with E-state index in [1.54, 1.807) is 0 Å². The summed E-state index contributed by atoms with van der Waals surface area (Å²) in [4.78, 5) is 10.4. The van der Waals surface area contributed by atoms with E-state index in [0.29, 0.717) is 5.41 Å². The quantitative estimate of drug-likeness (QED) is 0.577. The smallest absolute Gasteiger partial charge is 0.429 e. The van der Waals surface area contributed by atoms with Crippen LogP contribution in [0.5, 0.6) is 0 Å². The van der Waals surface area contributed by atoms with Crippen molar-refractivity contribution in [1.82, 2.24) is 5.32 Å². The molecule has 7 heteroatoms. The number of esters is 1. The maximum Gasteiger partial charge on any atom is 0.491 e. The highest BCUT2D eigenvalue weighted by molar-refractivity contribution is 5.75. The average Bonchev–Trinajstić information content (AvgIpc) is 2.05. The summed E-state index contributed by atoms with van der Waals surface area (Å²) in [5, 5.41) is 12.4. The van der Waals surface area contributed by atoms with Crippen LogP contribution >= 0.6 is 0 Å². The van der Waals surface area contributed by atoms with Gasteiger partial charge in [-0.3, -0.25) is 0 Å².